The molecule has 0 N–H and O–H groups in total. The monoisotopic (exact) mass is 556 g/mol. The van der Waals surface area contributed by atoms with E-state index >= 15 is 0 Å². The minimum absolute atomic E-state index is 0.146. The first-order valence-electron chi connectivity index (χ1n) is 15.0. The van der Waals surface area contributed by atoms with Gasteiger partial charge in [-0.3, -0.25) is 0 Å². The molecule has 1 aliphatic rings. The molecule has 0 unspecified atom stereocenters. The van der Waals surface area contributed by atoms with Gasteiger partial charge in [-0.15, -0.1) is 0 Å². The normalized spacial score (nSPS) is 14.5. The van der Waals surface area contributed by atoms with Gasteiger partial charge < -0.3 is 4.42 Å². The average Bonchev–Trinajstić information content (AvgIpc) is 3.47. The van der Waals surface area contributed by atoms with Crippen LogP contribution in [0.3, 0.4) is 0 Å². The predicted octanol–water partition coefficient (Wildman–Crippen LogP) is 11.0. The topological polar surface area (TPSA) is 13.1 Å². The smallest absolute Gasteiger partial charge is 0.140 e. The Bertz CT molecular complexity index is 2410. The number of benzene rings is 7. The van der Waals surface area contributed by atoms with E-state index in [0.717, 1.165) is 11.2 Å². The highest BCUT2D eigenvalue weighted by atomic mass is 28.3. The van der Waals surface area contributed by atoms with Gasteiger partial charge in [-0.2, -0.15) is 0 Å². The molecule has 2 heteroatoms. The van der Waals surface area contributed by atoms with E-state index < -0.39 is 8.07 Å². The van der Waals surface area contributed by atoms with Crippen molar-refractivity contribution >= 4 is 67.5 Å². The van der Waals surface area contributed by atoms with Crippen LogP contribution in [-0.2, 0) is 5.41 Å². The lowest BCUT2D eigenvalue weighted by Gasteiger charge is -2.22. The Balaban J connectivity index is 1.30. The lowest BCUT2D eigenvalue weighted by molar-refractivity contribution is 0.620. The van der Waals surface area contributed by atoms with E-state index in [-0.39, 0.29) is 5.41 Å². The third kappa shape index (κ3) is 3.03. The van der Waals surface area contributed by atoms with E-state index in [1.807, 2.05) is 0 Å². The molecule has 0 spiro atoms. The molecule has 0 atom stereocenters. The molecule has 1 aromatic heterocycles. The Kier molecular flexibility index (Phi) is 4.56. The van der Waals surface area contributed by atoms with Gasteiger partial charge in [0.05, 0.1) is 8.07 Å². The van der Waals surface area contributed by atoms with Gasteiger partial charge in [0.25, 0.3) is 0 Å². The second kappa shape index (κ2) is 7.90. The standard InChI is InChI=1S/C40H32OSi/c1-40(2)33-20-13-25(22-32(33)29-18-19-30-27-8-6-7-9-34(27)41-39(30)38(29)40)26-15-10-23-12-17-31-35(42(3,4)5)21-14-24-11-16-28(26)36(23)37(24)31/h6-22H,1-5H3. The van der Waals surface area contributed by atoms with Crippen molar-refractivity contribution < 1.29 is 4.42 Å². The van der Waals surface area contributed by atoms with Crippen LogP contribution in [0.5, 0.6) is 0 Å². The van der Waals surface area contributed by atoms with Gasteiger partial charge in [0.2, 0.25) is 0 Å². The minimum atomic E-state index is -1.50. The fraction of sp³-hybridized carbons (Fsp3) is 0.150. The Hall–Kier alpha value is -4.40. The number of para-hydroxylation sites is 1. The molecule has 9 rings (SSSR count). The molecular formula is C40H32OSi. The summed E-state index contributed by atoms with van der Waals surface area (Å²) in [5.41, 5.74) is 9.69. The summed E-state index contributed by atoms with van der Waals surface area (Å²) in [7, 11) is -1.50. The molecular weight excluding hydrogens is 525 g/mol. The molecule has 42 heavy (non-hydrogen) atoms. The molecule has 1 aliphatic carbocycles. The van der Waals surface area contributed by atoms with Crippen molar-refractivity contribution in [3.63, 3.8) is 0 Å². The summed E-state index contributed by atoms with van der Waals surface area (Å²) in [6.45, 7) is 12.0. The summed E-state index contributed by atoms with van der Waals surface area (Å²) < 4.78 is 6.54. The fourth-order valence-corrected chi connectivity index (χ4v) is 9.55. The molecule has 8 aromatic rings. The quantitative estimate of drug-likeness (QED) is 0.152. The zero-order chi connectivity index (χ0) is 28.5. The van der Waals surface area contributed by atoms with Crippen molar-refractivity contribution in [1.82, 2.24) is 0 Å². The van der Waals surface area contributed by atoms with Gasteiger partial charge in [-0.1, -0.05) is 124 Å². The minimum Gasteiger partial charge on any atom is -0.456 e. The molecule has 202 valence electrons. The summed E-state index contributed by atoms with van der Waals surface area (Å²) in [6.07, 6.45) is 0. The molecule has 0 radical (unpaired) electrons. The van der Waals surface area contributed by atoms with E-state index in [1.165, 1.54) is 76.5 Å². The Morgan fingerprint density at radius 3 is 2.05 bits per heavy atom. The number of hydrogen-bond donors (Lipinski definition) is 0. The average molecular weight is 557 g/mol. The van der Waals surface area contributed by atoms with Crippen LogP contribution in [-0.4, -0.2) is 8.07 Å². The number of hydrogen-bond acceptors (Lipinski definition) is 1. The van der Waals surface area contributed by atoms with Gasteiger partial charge in [0.15, 0.2) is 0 Å². The largest absolute Gasteiger partial charge is 0.456 e. The van der Waals surface area contributed by atoms with Gasteiger partial charge in [0, 0.05) is 21.8 Å². The SMILES string of the molecule is CC1(C)c2ccc(-c3ccc4ccc5c([Si](C)(C)C)ccc6ccc3c4c65)cc2-c2ccc3c(oc4ccccc43)c21. The molecule has 1 heterocycles. The molecule has 0 fully saturated rings. The third-order valence-electron chi connectivity index (χ3n) is 9.94. The Morgan fingerprint density at radius 1 is 0.571 bits per heavy atom. The number of furan rings is 1. The highest BCUT2D eigenvalue weighted by molar-refractivity contribution is 6.90. The van der Waals surface area contributed by atoms with E-state index in [2.05, 4.69) is 137 Å². The first-order valence-corrected chi connectivity index (χ1v) is 18.5. The molecule has 7 aromatic carbocycles. The maximum atomic E-state index is 6.54. The molecule has 0 aliphatic heterocycles. The molecule has 0 saturated carbocycles. The van der Waals surface area contributed by atoms with Crippen LogP contribution in [0.2, 0.25) is 19.6 Å². The summed E-state index contributed by atoms with van der Waals surface area (Å²) in [4.78, 5) is 0. The highest BCUT2D eigenvalue weighted by Gasteiger charge is 2.38. The van der Waals surface area contributed by atoms with Crippen LogP contribution in [0, 0.1) is 0 Å². The summed E-state index contributed by atoms with van der Waals surface area (Å²) >= 11 is 0. The number of rotatable bonds is 2. The van der Waals surface area contributed by atoms with E-state index in [9.17, 15) is 0 Å². The zero-order valence-corrected chi connectivity index (χ0v) is 25.7. The van der Waals surface area contributed by atoms with Gasteiger partial charge in [-0.25, -0.2) is 0 Å². The van der Waals surface area contributed by atoms with Crippen LogP contribution < -0.4 is 5.19 Å². The third-order valence-corrected chi connectivity index (χ3v) is 12.0. The molecule has 0 saturated heterocycles. The van der Waals surface area contributed by atoms with E-state index in [1.54, 1.807) is 5.19 Å². The summed E-state index contributed by atoms with van der Waals surface area (Å²) in [6, 6.07) is 38.8. The summed E-state index contributed by atoms with van der Waals surface area (Å²) in [5.74, 6) is 0. The lowest BCUT2D eigenvalue weighted by atomic mass is 9.81. The van der Waals surface area contributed by atoms with E-state index in [4.69, 9.17) is 4.42 Å². The van der Waals surface area contributed by atoms with Crippen molar-refractivity contribution in [2.45, 2.75) is 38.9 Å². The predicted molar refractivity (Wildman–Crippen MR) is 183 cm³/mol. The van der Waals surface area contributed by atoms with Gasteiger partial charge in [-0.05, 0) is 78.3 Å². The van der Waals surface area contributed by atoms with Crippen molar-refractivity contribution in [2.24, 2.45) is 0 Å². The van der Waals surface area contributed by atoms with Crippen molar-refractivity contribution in [2.75, 3.05) is 0 Å². The second-order valence-corrected chi connectivity index (χ2v) is 18.8. The second-order valence-electron chi connectivity index (χ2n) is 13.7. The molecule has 1 nitrogen and oxygen atoms in total. The molecule has 0 amide bonds. The zero-order valence-electron chi connectivity index (χ0n) is 24.7. The van der Waals surface area contributed by atoms with Crippen LogP contribution in [0.25, 0.3) is 76.5 Å². The lowest BCUT2D eigenvalue weighted by Crippen LogP contribution is -2.38. The number of fused-ring (bicyclic) bond motifs is 7. The maximum absolute atomic E-state index is 6.54. The van der Waals surface area contributed by atoms with Crippen molar-refractivity contribution in [1.29, 1.82) is 0 Å². The van der Waals surface area contributed by atoms with Gasteiger partial charge in [0.1, 0.15) is 11.2 Å². The van der Waals surface area contributed by atoms with E-state index in [0.29, 0.717) is 0 Å². The van der Waals surface area contributed by atoms with Crippen LogP contribution in [0.4, 0.5) is 0 Å². The molecule has 0 bridgehead atoms. The Morgan fingerprint density at radius 2 is 1.24 bits per heavy atom. The fourth-order valence-electron chi connectivity index (χ4n) is 7.95. The Labute approximate surface area is 246 Å². The van der Waals surface area contributed by atoms with Crippen LogP contribution in [0.15, 0.2) is 108 Å². The van der Waals surface area contributed by atoms with Crippen molar-refractivity contribution in [3.8, 4) is 22.3 Å². The summed E-state index contributed by atoms with van der Waals surface area (Å²) in [5, 5.41) is 12.2. The first-order chi connectivity index (χ1) is 20.2. The van der Waals surface area contributed by atoms with Gasteiger partial charge >= 0.3 is 0 Å². The highest BCUT2D eigenvalue weighted by Crippen LogP contribution is 2.53. The van der Waals surface area contributed by atoms with Crippen LogP contribution in [0.1, 0.15) is 25.0 Å². The first kappa shape index (κ1) is 24.2. The van der Waals surface area contributed by atoms with Crippen molar-refractivity contribution in [3.05, 3.63) is 114 Å². The maximum Gasteiger partial charge on any atom is 0.140 e. The van der Waals surface area contributed by atoms with Crippen LogP contribution >= 0.6 is 0 Å².